The second-order valence-electron chi connectivity index (χ2n) is 7.76. The molecule has 21 heavy (non-hydrogen) atoms. The van der Waals surface area contributed by atoms with Crippen molar-refractivity contribution in [1.82, 2.24) is 5.43 Å². The molecule has 0 radical (unpaired) electrons. The zero-order chi connectivity index (χ0) is 14.8. The van der Waals surface area contributed by atoms with Crippen LogP contribution in [0, 0.1) is 11.3 Å². The van der Waals surface area contributed by atoms with Crippen molar-refractivity contribution in [2.75, 3.05) is 18.1 Å². The zero-order valence-corrected chi connectivity index (χ0v) is 14.4. The summed E-state index contributed by atoms with van der Waals surface area (Å²) < 4.78 is 6.27. The van der Waals surface area contributed by atoms with E-state index in [1.165, 1.54) is 69.3 Å². The number of rotatable bonds is 3. The Hall–Kier alpha value is 0.230. The SMILES string of the molecule is CC1(C(NN)C2CCOC3(CCSCC3)C2)CCCCC1. The summed E-state index contributed by atoms with van der Waals surface area (Å²) in [4.78, 5) is 0. The lowest BCUT2D eigenvalue weighted by Gasteiger charge is -2.50. The van der Waals surface area contributed by atoms with Crippen LogP contribution in [0.1, 0.15) is 64.7 Å². The van der Waals surface area contributed by atoms with Gasteiger partial charge in [-0.15, -0.1) is 0 Å². The van der Waals surface area contributed by atoms with Crippen LogP contribution in [0.2, 0.25) is 0 Å². The number of thioether (sulfide) groups is 1. The highest BCUT2D eigenvalue weighted by Crippen LogP contribution is 2.47. The Balaban J connectivity index is 1.71. The molecule has 1 spiro atoms. The molecule has 0 bridgehead atoms. The minimum absolute atomic E-state index is 0.175. The number of hydrazine groups is 1. The highest BCUT2D eigenvalue weighted by molar-refractivity contribution is 7.99. The Kier molecular flexibility index (Phi) is 5.19. The molecule has 0 aromatic carbocycles. The first-order valence-electron chi connectivity index (χ1n) is 8.85. The summed E-state index contributed by atoms with van der Waals surface area (Å²) in [6.45, 7) is 3.40. The lowest BCUT2D eigenvalue weighted by atomic mass is 9.64. The fraction of sp³-hybridized carbons (Fsp3) is 1.00. The number of nitrogens with two attached hydrogens (primary N) is 1. The zero-order valence-electron chi connectivity index (χ0n) is 13.5. The van der Waals surface area contributed by atoms with Crippen molar-refractivity contribution >= 4 is 11.8 Å². The predicted molar refractivity (Wildman–Crippen MR) is 90.3 cm³/mol. The molecule has 0 amide bonds. The van der Waals surface area contributed by atoms with Gasteiger partial charge < -0.3 is 4.74 Å². The van der Waals surface area contributed by atoms with Crippen LogP contribution in [-0.4, -0.2) is 29.8 Å². The first kappa shape index (κ1) is 16.1. The molecule has 4 heteroatoms. The molecule has 1 aliphatic carbocycles. The summed E-state index contributed by atoms with van der Waals surface area (Å²) in [6, 6.07) is 0.466. The second kappa shape index (κ2) is 6.77. The molecule has 0 aromatic rings. The van der Waals surface area contributed by atoms with Crippen molar-refractivity contribution in [2.24, 2.45) is 17.2 Å². The fourth-order valence-electron chi connectivity index (χ4n) is 5.02. The Morgan fingerprint density at radius 3 is 2.52 bits per heavy atom. The van der Waals surface area contributed by atoms with Gasteiger partial charge in [0.2, 0.25) is 0 Å². The molecule has 2 unspecified atom stereocenters. The maximum atomic E-state index is 6.27. The lowest BCUT2D eigenvalue weighted by Crippen LogP contribution is -2.56. The Bertz CT molecular complexity index is 332. The summed E-state index contributed by atoms with van der Waals surface area (Å²) in [6.07, 6.45) is 11.7. The monoisotopic (exact) mass is 312 g/mol. The van der Waals surface area contributed by atoms with Gasteiger partial charge in [0, 0.05) is 12.6 Å². The van der Waals surface area contributed by atoms with Gasteiger partial charge in [-0.3, -0.25) is 11.3 Å². The van der Waals surface area contributed by atoms with Crippen molar-refractivity contribution in [3.63, 3.8) is 0 Å². The Morgan fingerprint density at radius 2 is 1.86 bits per heavy atom. The van der Waals surface area contributed by atoms with E-state index in [4.69, 9.17) is 10.6 Å². The second-order valence-corrected chi connectivity index (χ2v) is 8.98. The molecule has 1 saturated carbocycles. The van der Waals surface area contributed by atoms with E-state index in [0.29, 0.717) is 17.4 Å². The van der Waals surface area contributed by atoms with E-state index in [-0.39, 0.29) is 5.60 Å². The van der Waals surface area contributed by atoms with Gasteiger partial charge in [0.15, 0.2) is 0 Å². The van der Waals surface area contributed by atoms with Gasteiger partial charge in [0.25, 0.3) is 0 Å². The molecule has 2 aliphatic heterocycles. The van der Waals surface area contributed by atoms with Gasteiger partial charge in [0.1, 0.15) is 0 Å². The standard InChI is InChI=1S/C17H32N2OS/c1-16(6-3-2-4-7-16)15(19-18)14-5-10-20-17(13-14)8-11-21-12-9-17/h14-15,19H,2-13,18H2,1H3. The van der Waals surface area contributed by atoms with Crippen molar-refractivity contribution in [3.8, 4) is 0 Å². The van der Waals surface area contributed by atoms with Crippen LogP contribution in [0.25, 0.3) is 0 Å². The van der Waals surface area contributed by atoms with Gasteiger partial charge in [0.05, 0.1) is 5.60 Å². The van der Waals surface area contributed by atoms with Crippen molar-refractivity contribution in [1.29, 1.82) is 0 Å². The van der Waals surface area contributed by atoms with Crippen LogP contribution in [-0.2, 0) is 4.74 Å². The average Bonchev–Trinajstić information content (AvgIpc) is 2.49. The highest BCUT2D eigenvalue weighted by Gasteiger charge is 2.46. The van der Waals surface area contributed by atoms with E-state index >= 15 is 0 Å². The molecule has 3 nitrogen and oxygen atoms in total. The largest absolute Gasteiger partial charge is 0.375 e. The number of hydrogen-bond acceptors (Lipinski definition) is 4. The molecule has 3 fully saturated rings. The summed E-state index contributed by atoms with van der Waals surface area (Å²) in [5.74, 6) is 9.27. The smallest absolute Gasteiger partial charge is 0.0701 e. The van der Waals surface area contributed by atoms with Gasteiger partial charge in [-0.1, -0.05) is 26.2 Å². The summed E-state index contributed by atoms with van der Waals surface area (Å²) >= 11 is 2.08. The van der Waals surface area contributed by atoms with Crippen LogP contribution in [0.15, 0.2) is 0 Å². The Morgan fingerprint density at radius 1 is 1.14 bits per heavy atom. The van der Waals surface area contributed by atoms with Crippen molar-refractivity contribution in [2.45, 2.75) is 76.4 Å². The average molecular weight is 313 g/mol. The molecule has 3 aliphatic rings. The summed E-state index contributed by atoms with van der Waals surface area (Å²) in [5, 5.41) is 0. The van der Waals surface area contributed by atoms with Crippen LogP contribution in [0.3, 0.4) is 0 Å². The summed E-state index contributed by atoms with van der Waals surface area (Å²) in [7, 11) is 0. The first-order valence-corrected chi connectivity index (χ1v) is 10.0. The van der Waals surface area contributed by atoms with E-state index in [9.17, 15) is 0 Å². The Labute approximate surface area is 134 Å². The van der Waals surface area contributed by atoms with Gasteiger partial charge >= 0.3 is 0 Å². The minimum atomic E-state index is 0.175. The molecular formula is C17H32N2OS. The molecule has 122 valence electrons. The number of ether oxygens (including phenoxy) is 1. The third-order valence-electron chi connectivity index (χ3n) is 6.33. The van der Waals surface area contributed by atoms with Crippen LogP contribution < -0.4 is 11.3 Å². The first-order chi connectivity index (χ1) is 10.2. The van der Waals surface area contributed by atoms with Gasteiger partial charge in [-0.25, -0.2) is 0 Å². The lowest BCUT2D eigenvalue weighted by molar-refractivity contribution is -0.115. The molecule has 2 heterocycles. The molecule has 2 atom stereocenters. The van der Waals surface area contributed by atoms with Crippen LogP contribution in [0.4, 0.5) is 0 Å². The normalized spacial score (nSPS) is 33.7. The molecule has 3 N–H and O–H groups in total. The topological polar surface area (TPSA) is 47.3 Å². The molecular weight excluding hydrogens is 280 g/mol. The van der Waals surface area contributed by atoms with Crippen molar-refractivity contribution in [3.05, 3.63) is 0 Å². The maximum absolute atomic E-state index is 6.27. The molecule has 0 aromatic heterocycles. The molecule has 3 rings (SSSR count). The minimum Gasteiger partial charge on any atom is -0.375 e. The van der Waals surface area contributed by atoms with E-state index in [1.54, 1.807) is 0 Å². The van der Waals surface area contributed by atoms with E-state index in [1.807, 2.05) is 0 Å². The number of hydrogen-bond donors (Lipinski definition) is 2. The highest BCUT2D eigenvalue weighted by atomic mass is 32.2. The summed E-state index contributed by atoms with van der Waals surface area (Å²) in [5.41, 5.74) is 3.81. The fourth-order valence-corrected chi connectivity index (χ4v) is 6.26. The number of nitrogens with one attached hydrogen (secondary N) is 1. The quantitative estimate of drug-likeness (QED) is 0.619. The van der Waals surface area contributed by atoms with E-state index in [2.05, 4.69) is 24.1 Å². The van der Waals surface area contributed by atoms with Crippen LogP contribution in [0.5, 0.6) is 0 Å². The molecule has 2 saturated heterocycles. The van der Waals surface area contributed by atoms with Gasteiger partial charge in [-0.2, -0.15) is 11.8 Å². The van der Waals surface area contributed by atoms with Gasteiger partial charge in [-0.05, 0) is 61.4 Å². The maximum Gasteiger partial charge on any atom is 0.0701 e. The third kappa shape index (κ3) is 3.44. The third-order valence-corrected chi connectivity index (χ3v) is 7.32. The predicted octanol–water partition coefficient (Wildman–Crippen LogP) is 3.48. The van der Waals surface area contributed by atoms with Crippen molar-refractivity contribution < 1.29 is 4.74 Å². The van der Waals surface area contributed by atoms with Crippen LogP contribution >= 0.6 is 11.8 Å². The van der Waals surface area contributed by atoms with E-state index < -0.39 is 0 Å². The van der Waals surface area contributed by atoms with E-state index in [0.717, 1.165) is 6.61 Å².